The third-order valence-corrected chi connectivity index (χ3v) is 3.40. The van der Waals surface area contributed by atoms with Crippen LogP contribution in [0.25, 0.3) is 0 Å². The molecule has 5 nitrogen and oxygen atoms in total. The van der Waals surface area contributed by atoms with Gasteiger partial charge in [-0.1, -0.05) is 6.92 Å². The first-order valence-electron chi connectivity index (χ1n) is 7.26. The molecule has 20 heavy (non-hydrogen) atoms. The van der Waals surface area contributed by atoms with Crippen LogP contribution in [0.3, 0.4) is 0 Å². The van der Waals surface area contributed by atoms with Crippen molar-refractivity contribution in [2.24, 2.45) is 5.92 Å². The zero-order valence-electron chi connectivity index (χ0n) is 12.7. The van der Waals surface area contributed by atoms with Crippen molar-refractivity contribution < 1.29 is 14.3 Å². The summed E-state index contributed by atoms with van der Waals surface area (Å²) in [5, 5.41) is 3.34. The van der Waals surface area contributed by atoms with Crippen molar-refractivity contribution in [3.63, 3.8) is 0 Å². The Morgan fingerprint density at radius 1 is 1.35 bits per heavy atom. The van der Waals surface area contributed by atoms with Crippen LogP contribution in [0, 0.1) is 5.92 Å². The number of carbonyl (C=O) groups is 2. The smallest absolute Gasteiger partial charge is 0.325 e. The maximum absolute atomic E-state index is 12.5. The Kier molecular flexibility index (Phi) is 9.59. The summed E-state index contributed by atoms with van der Waals surface area (Å²) in [7, 11) is 0. The summed E-state index contributed by atoms with van der Waals surface area (Å²) >= 11 is 0. The zero-order valence-corrected chi connectivity index (χ0v) is 13.5. The third-order valence-electron chi connectivity index (χ3n) is 3.40. The fourth-order valence-corrected chi connectivity index (χ4v) is 2.51. The molecule has 1 aliphatic rings. The molecule has 1 N–H and O–H groups in total. The van der Waals surface area contributed by atoms with Crippen LogP contribution < -0.4 is 5.32 Å². The highest BCUT2D eigenvalue weighted by atomic mass is 35.5. The summed E-state index contributed by atoms with van der Waals surface area (Å²) in [4.78, 5) is 25.7. The van der Waals surface area contributed by atoms with E-state index in [2.05, 4.69) is 12.2 Å². The van der Waals surface area contributed by atoms with E-state index in [1.807, 2.05) is 6.92 Å². The van der Waals surface area contributed by atoms with E-state index in [-0.39, 0.29) is 36.7 Å². The second-order valence-electron chi connectivity index (χ2n) is 5.14. The van der Waals surface area contributed by atoms with Crippen LogP contribution in [-0.4, -0.2) is 49.1 Å². The maximum atomic E-state index is 12.5. The van der Waals surface area contributed by atoms with Crippen LogP contribution in [0.4, 0.5) is 0 Å². The van der Waals surface area contributed by atoms with Crippen molar-refractivity contribution in [1.82, 2.24) is 10.2 Å². The summed E-state index contributed by atoms with van der Waals surface area (Å²) < 4.78 is 4.93. The molecule has 0 aromatic heterocycles. The number of nitrogens with zero attached hydrogens (tertiary/aromatic N) is 1. The number of esters is 1. The van der Waals surface area contributed by atoms with Gasteiger partial charge in [-0.25, -0.2) is 0 Å². The third kappa shape index (κ3) is 6.09. The highest BCUT2D eigenvalue weighted by Crippen LogP contribution is 2.19. The number of halogens is 1. The van der Waals surface area contributed by atoms with Gasteiger partial charge in [0.2, 0.25) is 5.91 Å². The first-order chi connectivity index (χ1) is 9.08. The van der Waals surface area contributed by atoms with Crippen LogP contribution >= 0.6 is 12.4 Å². The molecule has 0 radical (unpaired) electrons. The molecule has 2 atom stereocenters. The molecule has 0 unspecified atom stereocenters. The Balaban J connectivity index is 0.00000361. The highest BCUT2D eigenvalue weighted by molar-refractivity contribution is 5.85. The monoisotopic (exact) mass is 306 g/mol. The zero-order chi connectivity index (χ0) is 14.3. The molecule has 1 aliphatic heterocycles. The standard InChI is InChI=1S/C14H26N2O3.ClH/c1-4-8-16(10-13(17)19-5-2)14(18)12-6-7-15-11(3)9-12;/h11-12,15H,4-10H2,1-3H3;1H/t11-,12-;/m0./s1. The van der Waals surface area contributed by atoms with Crippen molar-refractivity contribution in [1.29, 1.82) is 0 Å². The first-order valence-corrected chi connectivity index (χ1v) is 7.26. The van der Waals surface area contributed by atoms with Gasteiger partial charge >= 0.3 is 5.97 Å². The number of hydrogen-bond donors (Lipinski definition) is 1. The van der Waals surface area contributed by atoms with E-state index in [1.54, 1.807) is 11.8 Å². The Bertz CT molecular complexity index is 313. The molecular weight excluding hydrogens is 280 g/mol. The average molecular weight is 307 g/mol. The molecule has 1 heterocycles. The van der Waals surface area contributed by atoms with Gasteiger partial charge in [-0.3, -0.25) is 9.59 Å². The molecule has 0 saturated carbocycles. The second kappa shape index (κ2) is 10.00. The minimum absolute atomic E-state index is 0. The van der Waals surface area contributed by atoms with Gasteiger partial charge in [-0.2, -0.15) is 0 Å². The molecule has 0 aliphatic carbocycles. The van der Waals surface area contributed by atoms with E-state index in [4.69, 9.17) is 4.74 Å². The Hall–Kier alpha value is -0.810. The molecule has 1 fully saturated rings. The minimum Gasteiger partial charge on any atom is -0.465 e. The summed E-state index contributed by atoms with van der Waals surface area (Å²) in [5.74, 6) is -0.174. The summed E-state index contributed by atoms with van der Waals surface area (Å²) in [6.45, 7) is 7.81. The SMILES string of the molecule is CCCN(CC(=O)OCC)C(=O)[C@H]1CCN[C@@H](C)C1.Cl. The summed E-state index contributed by atoms with van der Waals surface area (Å²) in [5.41, 5.74) is 0. The predicted octanol–water partition coefficient (Wildman–Crippen LogP) is 1.60. The average Bonchev–Trinajstić information content (AvgIpc) is 2.37. The van der Waals surface area contributed by atoms with E-state index in [9.17, 15) is 9.59 Å². The van der Waals surface area contributed by atoms with E-state index in [0.717, 1.165) is 25.8 Å². The Labute approximate surface area is 127 Å². The Morgan fingerprint density at radius 2 is 2.05 bits per heavy atom. The maximum Gasteiger partial charge on any atom is 0.325 e. The fourth-order valence-electron chi connectivity index (χ4n) is 2.51. The highest BCUT2D eigenvalue weighted by Gasteiger charge is 2.29. The normalized spacial score (nSPS) is 21.8. The minimum atomic E-state index is -0.314. The lowest BCUT2D eigenvalue weighted by Crippen LogP contribution is -2.46. The quantitative estimate of drug-likeness (QED) is 0.757. The molecule has 1 saturated heterocycles. The van der Waals surface area contributed by atoms with Gasteiger partial charge in [0, 0.05) is 18.5 Å². The van der Waals surface area contributed by atoms with Gasteiger partial charge in [-0.05, 0) is 39.7 Å². The van der Waals surface area contributed by atoms with Gasteiger partial charge in [-0.15, -0.1) is 12.4 Å². The van der Waals surface area contributed by atoms with Crippen molar-refractivity contribution in [2.45, 2.75) is 46.1 Å². The van der Waals surface area contributed by atoms with E-state index < -0.39 is 0 Å². The number of nitrogens with one attached hydrogen (secondary N) is 1. The molecule has 6 heteroatoms. The number of amides is 1. The topological polar surface area (TPSA) is 58.6 Å². The van der Waals surface area contributed by atoms with Gasteiger partial charge in [0.25, 0.3) is 0 Å². The number of ether oxygens (including phenoxy) is 1. The Morgan fingerprint density at radius 3 is 2.60 bits per heavy atom. The first kappa shape index (κ1) is 19.2. The lowest BCUT2D eigenvalue weighted by Gasteiger charge is -2.31. The van der Waals surface area contributed by atoms with Crippen LogP contribution in [0.5, 0.6) is 0 Å². The second-order valence-corrected chi connectivity index (χ2v) is 5.14. The van der Waals surface area contributed by atoms with Crippen LogP contribution in [-0.2, 0) is 14.3 Å². The number of piperidine rings is 1. The van der Waals surface area contributed by atoms with Crippen molar-refractivity contribution >= 4 is 24.3 Å². The molecule has 118 valence electrons. The van der Waals surface area contributed by atoms with Gasteiger partial charge in [0.15, 0.2) is 0 Å². The van der Waals surface area contributed by atoms with Crippen molar-refractivity contribution in [3.8, 4) is 0 Å². The molecule has 1 amide bonds. The van der Waals surface area contributed by atoms with Crippen molar-refractivity contribution in [2.75, 3.05) is 26.2 Å². The largest absolute Gasteiger partial charge is 0.465 e. The van der Waals surface area contributed by atoms with Gasteiger partial charge in [0.05, 0.1) is 6.61 Å². The van der Waals surface area contributed by atoms with Gasteiger partial charge < -0.3 is 15.0 Å². The molecule has 0 bridgehead atoms. The number of carbonyl (C=O) groups excluding carboxylic acids is 2. The van der Waals surface area contributed by atoms with Crippen LogP contribution in [0.2, 0.25) is 0 Å². The van der Waals surface area contributed by atoms with E-state index in [0.29, 0.717) is 19.2 Å². The molecular formula is C14H27ClN2O3. The fraction of sp³-hybridized carbons (Fsp3) is 0.857. The van der Waals surface area contributed by atoms with Crippen LogP contribution in [0.1, 0.15) is 40.0 Å². The number of rotatable bonds is 6. The summed E-state index contributed by atoms with van der Waals surface area (Å²) in [6, 6.07) is 0.369. The molecule has 1 rings (SSSR count). The van der Waals surface area contributed by atoms with Crippen molar-refractivity contribution in [3.05, 3.63) is 0 Å². The molecule has 0 aromatic rings. The lowest BCUT2D eigenvalue weighted by atomic mass is 9.92. The number of hydrogen-bond acceptors (Lipinski definition) is 4. The lowest BCUT2D eigenvalue weighted by molar-refractivity contribution is -0.150. The summed E-state index contributed by atoms with van der Waals surface area (Å²) in [6.07, 6.45) is 2.56. The van der Waals surface area contributed by atoms with Gasteiger partial charge in [0.1, 0.15) is 6.54 Å². The van der Waals surface area contributed by atoms with E-state index in [1.165, 1.54) is 0 Å². The molecule has 0 aromatic carbocycles. The molecule has 0 spiro atoms. The van der Waals surface area contributed by atoms with Crippen LogP contribution in [0.15, 0.2) is 0 Å². The predicted molar refractivity (Wildman–Crippen MR) is 80.9 cm³/mol. The van der Waals surface area contributed by atoms with E-state index >= 15 is 0 Å².